The normalized spacial score (nSPS) is 11.7. The van der Waals surface area contributed by atoms with Gasteiger partial charge in [-0.2, -0.15) is 5.11 Å². The van der Waals surface area contributed by atoms with E-state index in [2.05, 4.69) is 15.0 Å². The van der Waals surface area contributed by atoms with Crippen molar-refractivity contribution in [3.8, 4) is 0 Å². The fraction of sp³-hybridized carbons (Fsp3) is 0.429. The molecule has 2 amide bonds. The number of allylic oxidation sites excluding steroid dienone is 1. The van der Waals surface area contributed by atoms with Crippen LogP contribution in [0.5, 0.6) is 0 Å². The number of carbonyl (C=O) groups is 2. The van der Waals surface area contributed by atoms with Crippen molar-refractivity contribution in [1.29, 1.82) is 0 Å². The lowest BCUT2D eigenvalue weighted by molar-refractivity contribution is -0.134. The molecule has 0 saturated heterocycles. The van der Waals surface area contributed by atoms with Gasteiger partial charge in [-0.25, -0.2) is 9.59 Å². The molecular formula is C7H11N3O3. The number of ether oxygens (including phenoxy) is 1. The lowest BCUT2D eigenvalue weighted by Crippen LogP contribution is -2.02. The molecule has 0 bridgehead atoms. The van der Waals surface area contributed by atoms with Gasteiger partial charge in [0.2, 0.25) is 0 Å². The number of primary amides is 1. The van der Waals surface area contributed by atoms with Crippen molar-refractivity contribution < 1.29 is 14.3 Å². The van der Waals surface area contributed by atoms with Gasteiger partial charge in [-0.15, -0.1) is 0 Å². The summed E-state index contributed by atoms with van der Waals surface area (Å²) in [4.78, 5) is 20.9. The molecule has 0 aliphatic rings. The minimum Gasteiger partial charge on any atom is -0.466 e. The third-order valence-electron chi connectivity index (χ3n) is 1.12. The summed E-state index contributed by atoms with van der Waals surface area (Å²) in [5, 5.41) is 6.51. The fourth-order valence-electron chi connectivity index (χ4n) is 0.510. The SMILES string of the molecule is CC/C(=C\C(=O)OC)N=NC(N)=O. The molecule has 0 aromatic rings. The average Bonchev–Trinajstić information content (AvgIpc) is 2.11. The largest absolute Gasteiger partial charge is 0.466 e. The van der Waals surface area contributed by atoms with E-state index in [-0.39, 0.29) is 0 Å². The number of azo groups is 1. The van der Waals surface area contributed by atoms with Crippen LogP contribution in [0.3, 0.4) is 0 Å². The van der Waals surface area contributed by atoms with Crippen molar-refractivity contribution in [2.75, 3.05) is 7.11 Å². The Morgan fingerprint density at radius 2 is 2.08 bits per heavy atom. The molecule has 0 aliphatic carbocycles. The van der Waals surface area contributed by atoms with Crippen LogP contribution in [0.4, 0.5) is 4.79 Å². The van der Waals surface area contributed by atoms with Crippen LogP contribution in [0.15, 0.2) is 22.0 Å². The van der Waals surface area contributed by atoms with Gasteiger partial charge in [0, 0.05) is 6.08 Å². The van der Waals surface area contributed by atoms with Gasteiger partial charge in [0.25, 0.3) is 0 Å². The zero-order chi connectivity index (χ0) is 10.3. The summed E-state index contributed by atoms with van der Waals surface area (Å²) in [5.74, 6) is -0.541. The molecule has 0 aliphatic heterocycles. The maximum Gasteiger partial charge on any atom is 0.356 e. The summed E-state index contributed by atoms with van der Waals surface area (Å²) in [6, 6.07) is -0.899. The number of methoxy groups -OCH3 is 1. The maximum atomic E-state index is 10.7. The number of hydrogen-bond donors (Lipinski definition) is 1. The molecule has 6 heteroatoms. The van der Waals surface area contributed by atoms with E-state index in [1.165, 1.54) is 7.11 Å². The van der Waals surface area contributed by atoms with Crippen molar-refractivity contribution >= 4 is 12.0 Å². The van der Waals surface area contributed by atoms with E-state index < -0.39 is 12.0 Å². The Kier molecular flexibility index (Phi) is 5.09. The van der Waals surface area contributed by atoms with Crippen molar-refractivity contribution in [3.63, 3.8) is 0 Å². The minimum atomic E-state index is -0.899. The highest BCUT2D eigenvalue weighted by Gasteiger charge is 1.98. The Hall–Kier alpha value is -1.72. The second-order valence-electron chi connectivity index (χ2n) is 2.05. The number of carbonyl (C=O) groups excluding carboxylic acids is 2. The van der Waals surface area contributed by atoms with Gasteiger partial charge in [-0.05, 0) is 6.42 Å². The smallest absolute Gasteiger partial charge is 0.356 e. The van der Waals surface area contributed by atoms with Gasteiger partial charge >= 0.3 is 12.0 Å². The molecule has 13 heavy (non-hydrogen) atoms. The molecule has 0 saturated carbocycles. The first kappa shape index (κ1) is 11.3. The number of esters is 1. The van der Waals surface area contributed by atoms with Crippen molar-refractivity contribution in [2.24, 2.45) is 16.0 Å². The van der Waals surface area contributed by atoms with E-state index in [1.807, 2.05) is 0 Å². The topological polar surface area (TPSA) is 94.1 Å². The number of rotatable bonds is 3. The summed E-state index contributed by atoms with van der Waals surface area (Å²) in [6.07, 6.45) is 1.61. The Morgan fingerprint density at radius 1 is 1.46 bits per heavy atom. The van der Waals surface area contributed by atoms with E-state index in [0.29, 0.717) is 12.1 Å². The lowest BCUT2D eigenvalue weighted by Gasteiger charge is -1.94. The first-order chi connectivity index (χ1) is 6.10. The Balaban J connectivity index is 4.42. The van der Waals surface area contributed by atoms with E-state index in [4.69, 9.17) is 5.73 Å². The van der Waals surface area contributed by atoms with Crippen LogP contribution in [0.25, 0.3) is 0 Å². The van der Waals surface area contributed by atoms with Gasteiger partial charge in [0.05, 0.1) is 12.8 Å². The summed E-state index contributed by atoms with van der Waals surface area (Å²) in [5.41, 5.74) is 5.05. The highest BCUT2D eigenvalue weighted by atomic mass is 16.5. The van der Waals surface area contributed by atoms with Crippen LogP contribution in [0.1, 0.15) is 13.3 Å². The predicted molar refractivity (Wildman–Crippen MR) is 44.8 cm³/mol. The second-order valence-corrected chi connectivity index (χ2v) is 2.05. The molecule has 0 spiro atoms. The maximum absolute atomic E-state index is 10.7. The van der Waals surface area contributed by atoms with Gasteiger partial charge in [0.1, 0.15) is 0 Å². The summed E-state index contributed by atoms with van der Waals surface area (Å²) in [6.45, 7) is 1.76. The van der Waals surface area contributed by atoms with Crippen LogP contribution in [0, 0.1) is 0 Å². The Morgan fingerprint density at radius 3 is 2.46 bits per heavy atom. The molecule has 0 heterocycles. The van der Waals surface area contributed by atoms with Crippen molar-refractivity contribution in [3.05, 3.63) is 11.8 Å². The van der Waals surface area contributed by atoms with Gasteiger partial charge in [0.15, 0.2) is 0 Å². The molecule has 2 N–H and O–H groups in total. The average molecular weight is 185 g/mol. The van der Waals surface area contributed by atoms with Gasteiger partial charge < -0.3 is 10.5 Å². The molecule has 72 valence electrons. The van der Waals surface area contributed by atoms with E-state index >= 15 is 0 Å². The molecule has 0 aromatic heterocycles. The molecule has 0 radical (unpaired) electrons. The number of amides is 2. The van der Waals surface area contributed by atoms with Gasteiger partial charge in [-0.3, -0.25) is 0 Å². The highest BCUT2D eigenvalue weighted by molar-refractivity contribution is 5.82. The summed E-state index contributed by atoms with van der Waals surface area (Å²) in [7, 11) is 1.25. The zero-order valence-corrected chi connectivity index (χ0v) is 7.48. The van der Waals surface area contributed by atoms with Crippen molar-refractivity contribution in [2.45, 2.75) is 13.3 Å². The standard InChI is InChI=1S/C7H11N3O3/c1-3-5(4-6(11)13-2)9-10-7(8)12/h4H,3H2,1-2H3,(H2,8,12)/b5-4+,10-9?. The Labute approximate surface area is 75.5 Å². The number of urea groups is 1. The van der Waals surface area contributed by atoms with E-state index in [9.17, 15) is 9.59 Å². The third kappa shape index (κ3) is 5.54. The second kappa shape index (κ2) is 5.87. The molecule has 0 atom stereocenters. The molecule has 0 rings (SSSR count). The number of hydrogen-bond acceptors (Lipinski definition) is 4. The molecule has 0 aromatic carbocycles. The van der Waals surface area contributed by atoms with Crippen LogP contribution < -0.4 is 5.73 Å². The zero-order valence-electron chi connectivity index (χ0n) is 7.48. The Bertz CT molecular complexity index is 258. The van der Waals surface area contributed by atoms with Crippen molar-refractivity contribution in [1.82, 2.24) is 0 Å². The minimum absolute atomic E-state index is 0.339. The summed E-state index contributed by atoms with van der Waals surface area (Å²) < 4.78 is 4.36. The van der Waals surface area contributed by atoms with Crippen LogP contribution >= 0.6 is 0 Å². The molecule has 6 nitrogen and oxygen atoms in total. The molecule has 0 unspecified atom stereocenters. The fourth-order valence-corrected chi connectivity index (χ4v) is 0.510. The van der Waals surface area contributed by atoms with Crippen LogP contribution in [0.2, 0.25) is 0 Å². The first-order valence-electron chi connectivity index (χ1n) is 3.59. The monoisotopic (exact) mass is 185 g/mol. The van der Waals surface area contributed by atoms with Crippen LogP contribution in [-0.2, 0) is 9.53 Å². The number of nitrogens with zero attached hydrogens (tertiary/aromatic N) is 2. The predicted octanol–water partition coefficient (Wildman–Crippen LogP) is 0.984. The summed E-state index contributed by atoms with van der Waals surface area (Å²) >= 11 is 0. The van der Waals surface area contributed by atoms with E-state index in [1.54, 1.807) is 6.92 Å². The lowest BCUT2D eigenvalue weighted by atomic mass is 10.3. The third-order valence-corrected chi connectivity index (χ3v) is 1.12. The van der Waals surface area contributed by atoms with E-state index in [0.717, 1.165) is 6.08 Å². The quantitative estimate of drug-likeness (QED) is 0.403. The number of nitrogens with two attached hydrogens (primary N) is 1. The highest BCUT2D eigenvalue weighted by Crippen LogP contribution is 2.03. The molecule has 0 fully saturated rings. The van der Waals surface area contributed by atoms with Gasteiger partial charge in [-0.1, -0.05) is 12.0 Å². The first-order valence-corrected chi connectivity index (χ1v) is 3.59. The van der Waals surface area contributed by atoms with Crippen LogP contribution in [-0.4, -0.2) is 19.1 Å². The molecular weight excluding hydrogens is 174 g/mol.